The van der Waals surface area contributed by atoms with Crippen LogP contribution in [0.2, 0.25) is 0 Å². The molecule has 0 amide bonds. The number of hydrogen-bond donors (Lipinski definition) is 0. The van der Waals surface area contributed by atoms with Gasteiger partial charge in [-0.1, -0.05) is 0 Å². The van der Waals surface area contributed by atoms with Crippen LogP contribution in [0.15, 0.2) is 22.8 Å². The SMILES string of the molecule is BrC1=C(Br)[Se]C(=C2SC3=C(SCCS3)S2)[Se]1. The van der Waals surface area contributed by atoms with Gasteiger partial charge in [-0.05, 0) is 0 Å². The first kappa shape index (κ1) is 13.6. The second-order valence-corrected chi connectivity index (χ2v) is 17.4. The minimum absolute atomic E-state index is 0.540. The Balaban J connectivity index is 1.79. The van der Waals surface area contributed by atoms with Crippen LogP contribution in [-0.2, 0) is 0 Å². The predicted molar refractivity (Wildman–Crippen MR) is 90.5 cm³/mol. The van der Waals surface area contributed by atoms with Crippen molar-refractivity contribution in [3.8, 4) is 0 Å². The Hall–Kier alpha value is 2.62. The van der Waals surface area contributed by atoms with Crippen molar-refractivity contribution in [3.63, 3.8) is 0 Å². The Kier molecular flexibility index (Phi) is 5.05. The predicted octanol–water partition coefficient (Wildman–Crippen LogP) is 4.54. The molecule has 3 aliphatic heterocycles. The van der Waals surface area contributed by atoms with Crippen LogP contribution >= 0.6 is 78.9 Å². The first-order chi connectivity index (χ1) is 7.74. The Morgan fingerprint density at radius 1 is 0.812 bits per heavy atom. The minimum atomic E-state index is 0.540. The molecule has 0 aliphatic carbocycles. The average Bonchev–Trinajstić information content (AvgIpc) is 2.83. The first-order valence-electron chi connectivity index (χ1n) is 4.25. The summed E-state index contributed by atoms with van der Waals surface area (Å²) in [6.07, 6.45) is 0. The molecule has 3 rings (SSSR count). The molecule has 0 N–H and O–H groups in total. The summed E-state index contributed by atoms with van der Waals surface area (Å²) in [5, 5.41) is 0. The van der Waals surface area contributed by atoms with Crippen LogP contribution in [0.25, 0.3) is 0 Å². The normalized spacial score (nSPS) is 25.9. The molecular weight excluding hydrogens is 542 g/mol. The molecule has 0 spiro atoms. The van der Waals surface area contributed by atoms with Gasteiger partial charge in [0.1, 0.15) is 0 Å². The molecule has 8 heteroatoms. The van der Waals surface area contributed by atoms with E-state index in [0.29, 0.717) is 29.9 Å². The fourth-order valence-electron chi connectivity index (χ4n) is 1.15. The second-order valence-electron chi connectivity index (χ2n) is 2.80. The van der Waals surface area contributed by atoms with Gasteiger partial charge >= 0.3 is 143 Å². The summed E-state index contributed by atoms with van der Waals surface area (Å²) >= 11 is 16.5. The molecule has 0 saturated carbocycles. The summed E-state index contributed by atoms with van der Waals surface area (Å²) < 4.78 is 9.23. The molecule has 3 heterocycles. The quantitative estimate of drug-likeness (QED) is 0.410. The van der Waals surface area contributed by atoms with E-state index in [0.717, 1.165) is 0 Å². The Morgan fingerprint density at radius 3 is 1.81 bits per heavy atom. The van der Waals surface area contributed by atoms with Crippen LogP contribution in [0.1, 0.15) is 0 Å². The van der Waals surface area contributed by atoms with Gasteiger partial charge in [-0.3, -0.25) is 0 Å². The molecule has 16 heavy (non-hydrogen) atoms. The third-order valence-electron chi connectivity index (χ3n) is 1.77. The van der Waals surface area contributed by atoms with Gasteiger partial charge < -0.3 is 0 Å². The Morgan fingerprint density at radius 2 is 1.31 bits per heavy atom. The van der Waals surface area contributed by atoms with Crippen molar-refractivity contribution in [2.45, 2.75) is 0 Å². The van der Waals surface area contributed by atoms with Crippen molar-refractivity contribution < 1.29 is 0 Å². The molecule has 0 aromatic rings. The van der Waals surface area contributed by atoms with E-state index in [2.05, 4.69) is 31.9 Å². The van der Waals surface area contributed by atoms with Gasteiger partial charge in [-0.25, -0.2) is 0 Å². The number of hydrogen-bond acceptors (Lipinski definition) is 4. The van der Waals surface area contributed by atoms with Gasteiger partial charge in [0.2, 0.25) is 0 Å². The zero-order valence-corrected chi connectivity index (χ0v) is 17.5. The van der Waals surface area contributed by atoms with E-state index in [4.69, 9.17) is 0 Å². The monoisotopic (exact) mass is 546 g/mol. The summed E-state index contributed by atoms with van der Waals surface area (Å²) in [5.41, 5.74) is 0. The van der Waals surface area contributed by atoms with E-state index in [9.17, 15) is 0 Å². The number of thioether (sulfide) groups is 4. The van der Waals surface area contributed by atoms with Gasteiger partial charge in [-0.2, -0.15) is 0 Å². The molecule has 0 fully saturated rings. The molecular formula is C8H4Br2S4Se2. The van der Waals surface area contributed by atoms with Crippen molar-refractivity contribution in [3.05, 3.63) is 22.8 Å². The fraction of sp³-hybridized carbons (Fsp3) is 0.250. The summed E-state index contributed by atoms with van der Waals surface area (Å²) in [6.45, 7) is 0. The van der Waals surface area contributed by atoms with Crippen molar-refractivity contribution in [1.29, 1.82) is 0 Å². The zero-order valence-electron chi connectivity index (χ0n) is 7.62. The molecule has 3 aliphatic rings. The van der Waals surface area contributed by atoms with E-state index >= 15 is 0 Å². The third kappa shape index (κ3) is 2.86. The third-order valence-corrected chi connectivity index (χ3v) is 18.6. The molecule has 0 atom stereocenters. The summed E-state index contributed by atoms with van der Waals surface area (Å²) in [7, 11) is 0. The molecule has 0 aromatic carbocycles. The van der Waals surface area contributed by atoms with Gasteiger partial charge in [0, 0.05) is 0 Å². The zero-order chi connectivity index (χ0) is 11.1. The summed E-state index contributed by atoms with van der Waals surface area (Å²) in [5.74, 6) is 2.56. The maximum atomic E-state index is 3.67. The van der Waals surface area contributed by atoms with Crippen molar-refractivity contribution in [2.75, 3.05) is 11.5 Å². The topological polar surface area (TPSA) is 0 Å². The van der Waals surface area contributed by atoms with Crippen LogP contribution in [0.5, 0.6) is 0 Å². The molecule has 0 unspecified atom stereocenters. The van der Waals surface area contributed by atoms with Crippen LogP contribution in [0.3, 0.4) is 0 Å². The average molecular weight is 546 g/mol. The maximum absolute atomic E-state index is 3.67. The molecule has 0 radical (unpaired) electrons. The number of halogens is 2. The van der Waals surface area contributed by atoms with E-state index < -0.39 is 0 Å². The summed E-state index contributed by atoms with van der Waals surface area (Å²) in [4.78, 5) is 0. The molecule has 0 bridgehead atoms. The van der Waals surface area contributed by atoms with Gasteiger partial charge in [0.15, 0.2) is 0 Å². The van der Waals surface area contributed by atoms with Gasteiger partial charge in [0.05, 0.1) is 0 Å². The van der Waals surface area contributed by atoms with Crippen LogP contribution in [-0.4, -0.2) is 41.4 Å². The van der Waals surface area contributed by atoms with Crippen molar-refractivity contribution in [1.82, 2.24) is 0 Å². The van der Waals surface area contributed by atoms with Crippen molar-refractivity contribution >= 4 is 109 Å². The molecule has 0 saturated heterocycles. The summed E-state index contributed by atoms with van der Waals surface area (Å²) in [6, 6.07) is 0. The van der Waals surface area contributed by atoms with Crippen LogP contribution in [0.4, 0.5) is 0 Å². The van der Waals surface area contributed by atoms with Crippen LogP contribution < -0.4 is 0 Å². The number of rotatable bonds is 0. The first-order valence-corrected chi connectivity index (χ1v) is 12.9. The molecule has 0 nitrogen and oxygen atoms in total. The molecule has 86 valence electrons. The van der Waals surface area contributed by atoms with Crippen LogP contribution in [0, 0.1) is 0 Å². The van der Waals surface area contributed by atoms with E-state index in [1.165, 1.54) is 18.3 Å². The second kappa shape index (κ2) is 5.94. The van der Waals surface area contributed by atoms with Gasteiger partial charge in [0.25, 0.3) is 0 Å². The van der Waals surface area contributed by atoms with Gasteiger partial charge in [-0.15, -0.1) is 0 Å². The van der Waals surface area contributed by atoms with Crippen molar-refractivity contribution in [2.24, 2.45) is 0 Å². The fourth-order valence-corrected chi connectivity index (χ4v) is 18.3. The standard InChI is InChI=1S/C8H4Br2S4Se2/c9-3-4(10)16-8(15-3)7-13-5-6(14-7)12-2-1-11-5/h1-2H2. The van der Waals surface area contributed by atoms with E-state index in [1.807, 2.05) is 47.0 Å². The molecule has 0 aromatic heterocycles. The van der Waals surface area contributed by atoms with E-state index in [1.54, 1.807) is 16.1 Å². The van der Waals surface area contributed by atoms with E-state index in [-0.39, 0.29) is 0 Å². The Bertz CT molecular complexity index is 407. The Labute approximate surface area is 141 Å².